The molecule has 2 saturated heterocycles. The third-order valence-electron chi connectivity index (χ3n) is 5.02. The van der Waals surface area contributed by atoms with Gasteiger partial charge in [0.2, 0.25) is 10.0 Å². The van der Waals surface area contributed by atoms with Crippen LogP contribution in [0.4, 0.5) is 0 Å². The molecular weight excluding hydrogens is 286 g/mol. The van der Waals surface area contributed by atoms with Gasteiger partial charge in [0.05, 0.1) is 6.26 Å². The second kappa shape index (κ2) is 7.40. The van der Waals surface area contributed by atoms with Gasteiger partial charge in [-0.15, -0.1) is 0 Å². The van der Waals surface area contributed by atoms with Gasteiger partial charge < -0.3 is 5.32 Å². The van der Waals surface area contributed by atoms with Crippen LogP contribution in [0.5, 0.6) is 0 Å². The Bertz CT molecular complexity index is 427. The first kappa shape index (κ1) is 17.2. The fraction of sp³-hybridized carbons (Fsp3) is 1.00. The van der Waals surface area contributed by atoms with Crippen LogP contribution in [0.3, 0.4) is 0 Å². The predicted molar refractivity (Wildman–Crippen MR) is 86.9 cm³/mol. The smallest absolute Gasteiger partial charge is 0.211 e. The number of piperidine rings is 1. The van der Waals surface area contributed by atoms with Crippen LogP contribution in [0.25, 0.3) is 0 Å². The third kappa shape index (κ3) is 4.65. The van der Waals surface area contributed by atoms with E-state index in [1.54, 1.807) is 4.31 Å². The molecule has 0 aromatic rings. The Morgan fingerprint density at radius 2 is 1.95 bits per heavy atom. The number of hydrogen-bond donors (Lipinski definition) is 1. The summed E-state index contributed by atoms with van der Waals surface area (Å²) in [5, 5.41) is 3.62. The fourth-order valence-corrected chi connectivity index (χ4v) is 4.58. The van der Waals surface area contributed by atoms with Crippen molar-refractivity contribution < 1.29 is 8.42 Å². The molecule has 0 aromatic heterocycles. The van der Waals surface area contributed by atoms with E-state index < -0.39 is 10.0 Å². The first-order valence-electron chi connectivity index (χ1n) is 8.36. The maximum atomic E-state index is 11.7. The van der Waals surface area contributed by atoms with Crippen LogP contribution in [-0.4, -0.2) is 68.7 Å². The minimum atomic E-state index is -3.03. The summed E-state index contributed by atoms with van der Waals surface area (Å²) < 4.78 is 25.2. The van der Waals surface area contributed by atoms with Crippen molar-refractivity contribution in [3.8, 4) is 0 Å². The summed E-state index contributed by atoms with van der Waals surface area (Å²) in [6, 6.07) is 1.18. The molecule has 0 bridgehead atoms. The van der Waals surface area contributed by atoms with E-state index in [1.165, 1.54) is 6.26 Å². The highest BCUT2D eigenvalue weighted by atomic mass is 32.2. The van der Waals surface area contributed by atoms with Crippen LogP contribution in [0.1, 0.15) is 39.5 Å². The Kier molecular flexibility index (Phi) is 6.05. The molecule has 3 unspecified atom stereocenters. The van der Waals surface area contributed by atoms with Crippen LogP contribution < -0.4 is 5.32 Å². The molecule has 21 heavy (non-hydrogen) atoms. The second-order valence-corrected chi connectivity index (χ2v) is 8.64. The Labute approximate surface area is 130 Å². The first-order valence-corrected chi connectivity index (χ1v) is 10.2. The van der Waals surface area contributed by atoms with E-state index >= 15 is 0 Å². The van der Waals surface area contributed by atoms with E-state index in [0.29, 0.717) is 31.1 Å². The molecule has 3 atom stereocenters. The summed E-state index contributed by atoms with van der Waals surface area (Å²) in [6.45, 7) is 9.09. The van der Waals surface area contributed by atoms with Gasteiger partial charge in [-0.05, 0) is 31.6 Å². The van der Waals surface area contributed by atoms with Crippen LogP contribution >= 0.6 is 0 Å². The van der Waals surface area contributed by atoms with E-state index in [0.717, 1.165) is 45.3 Å². The molecule has 0 saturated carbocycles. The monoisotopic (exact) mass is 317 g/mol. The Morgan fingerprint density at radius 1 is 1.19 bits per heavy atom. The Balaban J connectivity index is 1.95. The van der Waals surface area contributed by atoms with E-state index in [9.17, 15) is 8.42 Å². The lowest BCUT2D eigenvalue weighted by molar-refractivity contribution is 0.0904. The van der Waals surface area contributed by atoms with E-state index in [2.05, 4.69) is 24.1 Å². The highest BCUT2D eigenvalue weighted by Gasteiger charge is 2.31. The number of sulfonamides is 1. The molecule has 5 nitrogen and oxygen atoms in total. The number of nitrogens with one attached hydrogen (secondary N) is 1. The molecule has 124 valence electrons. The summed E-state index contributed by atoms with van der Waals surface area (Å²) in [5.41, 5.74) is 0. The topological polar surface area (TPSA) is 52.7 Å². The SMILES string of the molecule is CCC1CN(CC2CCCN(S(C)(=O)=O)C2)C(CC)CN1. The molecule has 0 aromatic carbocycles. The summed E-state index contributed by atoms with van der Waals surface area (Å²) in [5.74, 6) is 0.484. The van der Waals surface area contributed by atoms with Crippen molar-refractivity contribution >= 4 is 10.0 Å². The molecule has 1 N–H and O–H groups in total. The Hall–Kier alpha value is -0.170. The van der Waals surface area contributed by atoms with Gasteiger partial charge in [0.1, 0.15) is 0 Å². The zero-order chi connectivity index (χ0) is 15.5. The van der Waals surface area contributed by atoms with Crippen molar-refractivity contribution in [3.05, 3.63) is 0 Å². The summed E-state index contributed by atoms with van der Waals surface area (Å²) >= 11 is 0. The second-order valence-electron chi connectivity index (χ2n) is 6.66. The minimum Gasteiger partial charge on any atom is -0.311 e. The average molecular weight is 317 g/mol. The normalized spacial score (nSPS) is 33.2. The van der Waals surface area contributed by atoms with E-state index in [4.69, 9.17) is 0 Å². The lowest BCUT2D eigenvalue weighted by Gasteiger charge is -2.43. The van der Waals surface area contributed by atoms with Gasteiger partial charge in [-0.2, -0.15) is 0 Å². The van der Waals surface area contributed by atoms with Crippen molar-refractivity contribution in [2.75, 3.05) is 39.0 Å². The number of hydrogen-bond acceptors (Lipinski definition) is 4. The van der Waals surface area contributed by atoms with Crippen molar-refractivity contribution in [3.63, 3.8) is 0 Å². The molecule has 2 fully saturated rings. The first-order chi connectivity index (χ1) is 9.94. The highest BCUT2D eigenvalue weighted by Crippen LogP contribution is 2.22. The van der Waals surface area contributed by atoms with Gasteiger partial charge in [-0.25, -0.2) is 12.7 Å². The zero-order valence-corrected chi connectivity index (χ0v) is 14.5. The molecule has 2 rings (SSSR count). The maximum absolute atomic E-state index is 11.7. The molecule has 0 aliphatic carbocycles. The molecule has 6 heteroatoms. The predicted octanol–water partition coefficient (Wildman–Crippen LogP) is 1.12. The van der Waals surface area contributed by atoms with Gasteiger partial charge in [0.15, 0.2) is 0 Å². The quantitative estimate of drug-likeness (QED) is 0.826. The van der Waals surface area contributed by atoms with Crippen LogP contribution in [0.15, 0.2) is 0 Å². The number of rotatable bonds is 5. The largest absolute Gasteiger partial charge is 0.311 e. The van der Waals surface area contributed by atoms with Gasteiger partial charge in [-0.1, -0.05) is 13.8 Å². The van der Waals surface area contributed by atoms with Gasteiger partial charge in [0, 0.05) is 44.8 Å². The van der Waals surface area contributed by atoms with E-state index in [1.807, 2.05) is 0 Å². The zero-order valence-electron chi connectivity index (χ0n) is 13.7. The molecule has 2 aliphatic heterocycles. The van der Waals surface area contributed by atoms with E-state index in [-0.39, 0.29) is 0 Å². The van der Waals surface area contributed by atoms with Gasteiger partial charge in [-0.3, -0.25) is 4.90 Å². The van der Waals surface area contributed by atoms with Crippen LogP contribution in [-0.2, 0) is 10.0 Å². The lowest BCUT2D eigenvalue weighted by Crippen LogP contribution is -2.57. The highest BCUT2D eigenvalue weighted by molar-refractivity contribution is 7.88. The van der Waals surface area contributed by atoms with Crippen molar-refractivity contribution in [2.24, 2.45) is 5.92 Å². The summed E-state index contributed by atoms with van der Waals surface area (Å²) in [7, 11) is -3.03. The lowest BCUT2D eigenvalue weighted by atomic mass is 9.96. The van der Waals surface area contributed by atoms with Crippen molar-refractivity contribution in [1.29, 1.82) is 0 Å². The fourth-order valence-electron chi connectivity index (χ4n) is 3.64. The summed E-state index contributed by atoms with van der Waals surface area (Å²) in [4.78, 5) is 2.60. The minimum absolute atomic E-state index is 0.484. The number of nitrogens with zero attached hydrogens (tertiary/aromatic N) is 2. The maximum Gasteiger partial charge on any atom is 0.211 e. The molecule has 0 radical (unpaired) electrons. The van der Waals surface area contributed by atoms with Gasteiger partial charge in [0.25, 0.3) is 0 Å². The molecule has 2 heterocycles. The van der Waals surface area contributed by atoms with Gasteiger partial charge >= 0.3 is 0 Å². The average Bonchev–Trinajstić information content (AvgIpc) is 2.46. The van der Waals surface area contributed by atoms with Crippen molar-refractivity contribution in [2.45, 2.75) is 51.6 Å². The summed E-state index contributed by atoms with van der Waals surface area (Å²) in [6.07, 6.45) is 5.81. The molecular formula is C15H31N3O2S. The Morgan fingerprint density at radius 3 is 2.57 bits per heavy atom. The van der Waals surface area contributed by atoms with Crippen LogP contribution in [0.2, 0.25) is 0 Å². The van der Waals surface area contributed by atoms with Crippen molar-refractivity contribution in [1.82, 2.24) is 14.5 Å². The molecule has 0 amide bonds. The van der Waals surface area contributed by atoms with Crippen LogP contribution in [0, 0.1) is 5.92 Å². The standard InChI is InChI=1S/C15H31N3O2S/c1-4-14-12-17(15(5-2)9-16-14)10-13-7-6-8-18(11-13)21(3,19)20/h13-16H,4-12H2,1-3H3. The third-order valence-corrected chi connectivity index (χ3v) is 6.29. The number of piperazine rings is 1. The molecule has 0 spiro atoms. The molecule has 2 aliphatic rings.